The van der Waals surface area contributed by atoms with E-state index in [4.69, 9.17) is 11.6 Å². The zero-order valence-electron chi connectivity index (χ0n) is 12.2. The Morgan fingerprint density at radius 3 is 2.80 bits per heavy atom. The number of aryl methyl sites for hydroxylation is 1. The van der Waals surface area contributed by atoms with Gasteiger partial charge in [0.05, 0.1) is 10.6 Å². The van der Waals surface area contributed by atoms with Gasteiger partial charge >= 0.3 is 0 Å². The summed E-state index contributed by atoms with van der Waals surface area (Å²) in [6.07, 6.45) is 3.84. The Morgan fingerprint density at radius 1 is 1.50 bits per heavy atom. The molecule has 1 saturated heterocycles. The smallest absolute Gasteiger partial charge is 0.254 e. The molecule has 1 N–H and O–H groups in total. The molecule has 1 aromatic rings. The second-order valence-corrected chi connectivity index (χ2v) is 5.80. The van der Waals surface area contributed by atoms with E-state index in [0.717, 1.165) is 44.7 Å². The van der Waals surface area contributed by atoms with Crippen LogP contribution < -0.4 is 5.32 Å². The van der Waals surface area contributed by atoms with Crippen molar-refractivity contribution in [1.82, 2.24) is 15.2 Å². The van der Waals surface area contributed by atoms with Crippen molar-refractivity contribution in [3.63, 3.8) is 0 Å². The number of nitrogens with one attached hydrogen (secondary N) is 1. The second-order valence-electron chi connectivity index (χ2n) is 5.39. The predicted octanol–water partition coefficient (Wildman–Crippen LogP) is 2.51. The van der Waals surface area contributed by atoms with Gasteiger partial charge in [0.1, 0.15) is 0 Å². The normalized spacial score (nSPS) is 17.1. The lowest BCUT2D eigenvalue weighted by molar-refractivity contribution is 0.0936. The highest BCUT2D eigenvalue weighted by atomic mass is 35.5. The molecule has 0 saturated carbocycles. The third-order valence-electron chi connectivity index (χ3n) is 3.94. The van der Waals surface area contributed by atoms with E-state index < -0.39 is 0 Å². The molecule has 5 heteroatoms. The van der Waals surface area contributed by atoms with Crippen LogP contribution in [0.3, 0.4) is 0 Å². The van der Waals surface area contributed by atoms with Gasteiger partial charge in [-0.2, -0.15) is 0 Å². The number of amides is 1. The highest BCUT2D eigenvalue weighted by molar-refractivity contribution is 6.33. The van der Waals surface area contributed by atoms with Gasteiger partial charge in [-0.25, -0.2) is 0 Å². The highest BCUT2D eigenvalue weighted by Crippen LogP contribution is 2.18. The first-order valence-electron chi connectivity index (χ1n) is 7.23. The van der Waals surface area contributed by atoms with E-state index in [2.05, 4.69) is 22.1 Å². The fourth-order valence-electron chi connectivity index (χ4n) is 2.53. The molecule has 1 aliphatic rings. The summed E-state index contributed by atoms with van der Waals surface area (Å²) < 4.78 is 0. The maximum atomic E-state index is 12.1. The average Bonchev–Trinajstić information content (AvgIpc) is 2.45. The third-order valence-corrected chi connectivity index (χ3v) is 4.25. The number of halogens is 1. The lowest BCUT2D eigenvalue weighted by Gasteiger charge is -2.31. The first kappa shape index (κ1) is 15.3. The third kappa shape index (κ3) is 3.93. The standard InChI is InChI=1S/C15H22ClN3O/c1-3-19-6-4-12(5-7-19)9-18-15(20)13-10-17-11(2)8-14(13)16/h8,10,12H,3-7,9H2,1-2H3,(H,18,20). The summed E-state index contributed by atoms with van der Waals surface area (Å²) in [6.45, 7) is 8.14. The van der Waals surface area contributed by atoms with Gasteiger partial charge in [-0.05, 0) is 51.4 Å². The number of likely N-dealkylation sites (tertiary alicyclic amines) is 1. The number of hydrogen-bond acceptors (Lipinski definition) is 3. The minimum atomic E-state index is -0.125. The fraction of sp³-hybridized carbons (Fsp3) is 0.600. The van der Waals surface area contributed by atoms with E-state index in [1.54, 1.807) is 12.3 Å². The Labute approximate surface area is 125 Å². The number of nitrogens with zero attached hydrogens (tertiary/aromatic N) is 2. The number of rotatable bonds is 4. The Kier molecular flexibility index (Phi) is 5.38. The largest absolute Gasteiger partial charge is 0.352 e. The number of piperidine rings is 1. The number of aromatic nitrogens is 1. The fourth-order valence-corrected chi connectivity index (χ4v) is 2.83. The molecule has 0 unspecified atom stereocenters. The van der Waals surface area contributed by atoms with E-state index in [1.165, 1.54) is 0 Å². The van der Waals surface area contributed by atoms with Crippen LogP contribution in [0, 0.1) is 12.8 Å². The minimum absolute atomic E-state index is 0.125. The van der Waals surface area contributed by atoms with Crippen LogP contribution in [0.2, 0.25) is 5.02 Å². The van der Waals surface area contributed by atoms with Crippen LogP contribution in [0.4, 0.5) is 0 Å². The summed E-state index contributed by atoms with van der Waals surface area (Å²) in [7, 11) is 0. The topological polar surface area (TPSA) is 45.2 Å². The summed E-state index contributed by atoms with van der Waals surface area (Å²) >= 11 is 6.08. The van der Waals surface area contributed by atoms with Crippen LogP contribution >= 0.6 is 11.6 Å². The van der Waals surface area contributed by atoms with Crippen molar-refractivity contribution >= 4 is 17.5 Å². The molecule has 110 valence electrons. The Morgan fingerprint density at radius 2 is 2.20 bits per heavy atom. The van der Waals surface area contributed by atoms with Gasteiger partial charge in [0.2, 0.25) is 0 Å². The maximum Gasteiger partial charge on any atom is 0.254 e. The highest BCUT2D eigenvalue weighted by Gasteiger charge is 2.19. The molecular formula is C15H22ClN3O. The molecule has 0 radical (unpaired) electrons. The predicted molar refractivity (Wildman–Crippen MR) is 81.2 cm³/mol. The number of pyridine rings is 1. The average molecular weight is 296 g/mol. The molecule has 1 aromatic heterocycles. The molecule has 1 amide bonds. The van der Waals surface area contributed by atoms with Gasteiger partial charge < -0.3 is 10.2 Å². The molecule has 1 aliphatic heterocycles. The van der Waals surface area contributed by atoms with Crippen molar-refractivity contribution in [2.45, 2.75) is 26.7 Å². The van der Waals surface area contributed by atoms with Gasteiger partial charge in [-0.15, -0.1) is 0 Å². The Hall–Kier alpha value is -1.13. The number of carbonyl (C=O) groups excluding carboxylic acids is 1. The van der Waals surface area contributed by atoms with Crippen molar-refractivity contribution in [2.24, 2.45) is 5.92 Å². The molecule has 0 atom stereocenters. The van der Waals surface area contributed by atoms with Crippen molar-refractivity contribution in [2.75, 3.05) is 26.2 Å². The molecule has 2 heterocycles. The molecular weight excluding hydrogens is 274 g/mol. The second kappa shape index (κ2) is 7.04. The van der Waals surface area contributed by atoms with Gasteiger partial charge in [-0.1, -0.05) is 18.5 Å². The Balaban J connectivity index is 1.83. The zero-order valence-corrected chi connectivity index (χ0v) is 12.9. The van der Waals surface area contributed by atoms with Crippen molar-refractivity contribution in [3.05, 3.63) is 28.5 Å². The maximum absolute atomic E-state index is 12.1. The SMILES string of the molecule is CCN1CCC(CNC(=O)c2cnc(C)cc2Cl)CC1. The van der Waals surface area contributed by atoms with Crippen LogP contribution in [-0.2, 0) is 0 Å². The van der Waals surface area contributed by atoms with Crippen LogP contribution in [-0.4, -0.2) is 42.0 Å². The molecule has 1 fully saturated rings. The zero-order chi connectivity index (χ0) is 14.5. The van der Waals surface area contributed by atoms with Crippen LogP contribution in [0.1, 0.15) is 35.8 Å². The summed E-state index contributed by atoms with van der Waals surface area (Å²) in [5, 5.41) is 3.45. The van der Waals surface area contributed by atoms with Gasteiger partial charge in [-0.3, -0.25) is 9.78 Å². The van der Waals surface area contributed by atoms with Gasteiger partial charge in [0.25, 0.3) is 5.91 Å². The minimum Gasteiger partial charge on any atom is -0.352 e. The van der Waals surface area contributed by atoms with Gasteiger partial charge in [0.15, 0.2) is 0 Å². The van der Waals surface area contributed by atoms with Crippen molar-refractivity contribution in [3.8, 4) is 0 Å². The van der Waals surface area contributed by atoms with Crippen molar-refractivity contribution in [1.29, 1.82) is 0 Å². The first-order valence-corrected chi connectivity index (χ1v) is 7.60. The molecule has 0 bridgehead atoms. The number of hydrogen-bond donors (Lipinski definition) is 1. The van der Waals surface area contributed by atoms with Gasteiger partial charge in [0, 0.05) is 18.4 Å². The van der Waals surface area contributed by atoms with Crippen molar-refractivity contribution < 1.29 is 4.79 Å². The molecule has 0 aromatic carbocycles. The van der Waals surface area contributed by atoms with E-state index in [1.807, 2.05) is 6.92 Å². The van der Waals surface area contributed by atoms with E-state index in [0.29, 0.717) is 16.5 Å². The molecule has 2 rings (SSSR count). The number of carbonyl (C=O) groups is 1. The quantitative estimate of drug-likeness (QED) is 0.928. The Bertz CT molecular complexity index is 470. The van der Waals surface area contributed by atoms with Crippen LogP contribution in [0.25, 0.3) is 0 Å². The van der Waals surface area contributed by atoms with E-state index in [9.17, 15) is 4.79 Å². The van der Waals surface area contributed by atoms with E-state index in [-0.39, 0.29) is 5.91 Å². The molecule has 0 spiro atoms. The molecule has 0 aliphatic carbocycles. The van der Waals surface area contributed by atoms with Crippen LogP contribution in [0.15, 0.2) is 12.3 Å². The van der Waals surface area contributed by atoms with E-state index >= 15 is 0 Å². The summed E-state index contributed by atoms with van der Waals surface area (Å²) in [6, 6.07) is 1.72. The molecule has 4 nitrogen and oxygen atoms in total. The lowest BCUT2D eigenvalue weighted by atomic mass is 9.97. The first-order chi connectivity index (χ1) is 9.60. The summed E-state index contributed by atoms with van der Waals surface area (Å²) in [4.78, 5) is 18.7. The summed E-state index contributed by atoms with van der Waals surface area (Å²) in [5.41, 5.74) is 1.28. The molecule has 20 heavy (non-hydrogen) atoms. The summed E-state index contributed by atoms with van der Waals surface area (Å²) in [5.74, 6) is 0.444. The monoisotopic (exact) mass is 295 g/mol. The van der Waals surface area contributed by atoms with Crippen LogP contribution in [0.5, 0.6) is 0 Å². The lowest BCUT2D eigenvalue weighted by Crippen LogP contribution is -2.38.